The zero-order valence-corrected chi connectivity index (χ0v) is 18.9. The van der Waals surface area contributed by atoms with Crippen molar-refractivity contribution in [2.45, 2.75) is 13.0 Å². The predicted octanol–water partition coefficient (Wildman–Crippen LogP) is 2.61. The minimum absolute atomic E-state index is 0.186. The van der Waals surface area contributed by atoms with Crippen LogP contribution in [0.5, 0.6) is 0 Å². The molecule has 4 aromatic rings. The van der Waals surface area contributed by atoms with Gasteiger partial charge in [-0.15, -0.1) is 0 Å². The molecule has 0 saturated heterocycles. The Morgan fingerprint density at radius 1 is 1.09 bits per heavy atom. The molecule has 2 aromatic carbocycles. The molecule has 8 heteroatoms. The quantitative estimate of drug-likeness (QED) is 0.514. The van der Waals surface area contributed by atoms with Crippen molar-refractivity contribution >= 4 is 29.0 Å². The van der Waals surface area contributed by atoms with E-state index in [1.54, 1.807) is 15.4 Å². The van der Waals surface area contributed by atoms with Gasteiger partial charge in [0.05, 0.1) is 28.0 Å². The third-order valence-corrected chi connectivity index (χ3v) is 6.42. The summed E-state index contributed by atoms with van der Waals surface area (Å²) in [6.07, 6.45) is 5.36. The largest absolute Gasteiger partial charge is 0.322 e. The van der Waals surface area contributed by atoms with E-state index in [9.17, 15) is 9.59 Å². The van der Waals surface area contributed by atoms with Gasteiger partial charge < -0.3 is 5.32 Å². The van der Waals surface area contributed by atoms with Gasteiger partial charge in [-0.1, -0.05) is 59.9 Å². The van der Waals surface area contributed by atoms with Gasteiger partial charge in [0, 0.05) is 24.5 Å². The number of carbonyl (C=O) groups excluding carboxylic acids is 1. The Labute approximate surface area is 193 Å². The summed E-state index contributed by atoms with van der Waals surface area (Å²) in [4.78, 5) is 32.2. The number of anilines is 1. The van der Waals surface area contributed by atoms with Crippen molar-refractivity contribution in [1.82, 2.24) is 14.3 Å². The van der Waals surface area contributed by atoms with Gasteiger partial charge in [-0.25, -0.2) is 4.99 Å². The number of fused-ring (bicyclic) bond motifs is 1. The highest BCUT2D eigenvalue weighted by molar-refractivity contribution is 7.07. The van der Waals surface area contributed by atoms with E-state index in [1.165, 1.54) is 11.3 Å². The maximum absolute atomic E-state index is 13.5. The van der Waals surface area contributed by atoms with E-state index in [4.69, 9.17) is 0 Å². The molecule has 2 aromatic heterocycles. The predicted molar refractivity (Wildman–Crippen MR) is 128 cm³/mol. The van der Waals surface area contributed by atoms with Crippen molar-refractivity contribution < 1.29 is 4.79 Å². The van der Waals surface area contributed by atoms with E-state index < -0.39 is 6.04 Å². The molecule has 0 radical (unpaired) electrons. The number of rotatable bonds is 4. The van der Waals surface area contributed by atoms with Crippen LogP contribution in [0.3, 0.4) is 0 Å². The Morgan fingerprint density at radius 2 is 1.79 bits per heavy atom. The lowest BCUT2D eigenvalue weighted by atomic mass is 9.95. The summed E-state index contributed by atoms with van der Waals surface area (Å²) < 4.78 is 3.85. The Balaban J connectivity index is 1.67. The van der Waals surface area contributed by atoms with Crippen LogP contribution in [0.1, 0.15) is 24.1 Å². The van der Waals surface area contributed by atoms with Crippen molar-refractivity contribution in [1.29, 1.82) is 0 Å². The van der Waals surface area contributed by atoms with Crippen LogP contribution in [0, 0.1) is 0 Å². The average Bonchev–Trinajstić information content (AvgIpc) is 3.36. The first-order valence-corrected chi connectivity index (χ1v) is 11.3. The molecule has 0 bridgehead atoms. The van der Waals surface area contributed by atoms with Gasteiger partial charge in [0.15, 0.2) is 4.80 Å². The molecule has 0 unspecified atom stereocenters. The fourth-order valence-electron chi connectivity index (χ4n) is 3.95. The number of amides is 1. The summed E-state index contributed by atoms with van der Waals surface area (Å²) in [5, 5.41) is 7.12. The molecular weight excluding hydrogens is 434 g/mol. The number of hydrogen-bond donors (Lipinski definition) is 1. The smallest absolute Gasteiger partial charge is 0.271 e. The maximum atomic E-state index is 13.5. The van der Waals surface area contributed by atoms with Crippen molar-refractivity contribution in [3.63, 3.8) is 0 Å². The number of nitrogens with zero attached hydrogens (tertiary/aromatic N) is 4. The fraction of sp³-hybridized carbons (Fsp3) is 0.120. The van der Waals surface area contributed by atoms with Crippen LogP contribution in [-0.4, -0.2) is 20.3 Å². The van der Waals surface area contributed by atoms with Crippen molar-refractivity contribution in [2.75, 3.05) is 5.32 Å². The first-order valence-electron chi connectivity index (χ1n) is 10.4. The van der Waals surface area contributed by atoms with E-state index in [1.807, 2.05) is 86.9 Å². The molecule has 1 amide bonds. The Bertz CT molecular complexity index is 1550. The van der Waals surface area contributed by atoms with Crippen molar-refractivity contribution in [2.24, 2.45) is 12.0 Å². The van der Waals surface area contributed by atoms with Crippen LogP contribution in [0.25, 0.3) is 6.08 Å². The van der Waals surface area contributed by atoms with Gasteiger partial charge in [0.1, 0.15) is 0 Å². The normalized spacial score (nSPS) is 15.8. The monoisotopic (exact) mass is 455 g/mol. The summed E-state index contributed by atoms with van der Waals surface area (Å²) in [5.74, 6) is -0.280. The van der Waals surface area contributed by atoms with Gasteiger partial charge in [-0.2, -0.15) is 5.10 Å². The minimum Gasteiger partial charge on any atom is -0.322 e. The molecule has 1 atom stereocenters. The zero-order chi connectivity index (χ0) is 22.9. The fourth-order valence-corrected chi connectivity index (χ4v) is 5.00. The third kappa shape index (κ3) is 3.96. The van der Waals surface area contributed by atoms with E-state index in [0.29, 0.717) is 26.3 Å². The number of allylic oxidation sites excluding steroid dienone is 1. The van der Waals surface area contributed by atoms with Crippen LogP contribution < -0.4 is 20.2 Å². The zero-order valence-electron chi connectivity index (χ0n) is 18.1. The minimum atomic E-state index is -0.581. The Kier molecular flexibility index (Phi) is 5.35. The molecule has 1 N–H and O–H groups in total. The van der Waals surface area contributed by atoms with Gasteiger partial charge in [0.2, 0.25) is 0 Å². The van der Waals surface area contributed by atoms with Crippen LogP contribution in [-0.2, 0) is 11.8 Å². The summed E-state index contributed by atoms with van der Waals surface area (Å²) in [6.45, 7) is 1.81. The summed E-state index contributed by atoms with van der Waals surface area (Å²) in [7, 11) is 1.83. The number of thiazole rings is 1. The van der Waals surface area contributed by atoms with Crippen LogP contribution in [0.15, 0.2) is 94.1 Å². The molecule has 0 saturated carbocycles. The molecule has 164 valence electrons. The summed E-state index contributed by atoms with van der Waals surface area (Å²) in [5.41, 5.74) is 3.21. The SMILES string of the molecule is CC1=C(C(=O)Nc2ccccc2)[C@@H](c2ccccc2)n2c(s/c(=C\c3cnn(C)c3)c2=O)=N1. The second-order valence-electron chi connectivity index (χ2n) is 7.76. The van der Waals surface area contributed by atoms with Gasteiger partial charge in [-0.3, -0.25) is 18.8 Å². The second-order valence-corrected chi connectivity index (χ2v) is 8.77. The van der Waals surface area contributed by atoms with Gasteiger partial charge >= 0.3 is 0 Å². The molecule has 5 rings (SSSR count). The molecule has 0 fully saturated rings. The molecule has 33 heavy (non-hydrogen) atoms. The molecule has 0 aliphatic carbocycles. The van der Waals surface area contributed by atoms with E-state index in [0.717, 1.165) is 11.1 Å². The number of benzene rings is 2. The van der Waals surface area contributed by atoms with E-state index in [2.05, 4.69) is 15.4 Å². The number of aryl methyl sites for hydroxylation is 1. The second kappa shape index (κ2) is 8.48. The molecule has 7 nitrogen and oxygen atoms in total. The lowest BCUT2D eigenvalue weighted by Crippen LogP contribution is -2.40. The average molecular weight is 456 g/mol. The number of nitrogens with one attached hydrogen (secondary N) is 1. The molecular formula is C25H21N5O2S. The Hall–Kier alpha value is -4.04. The standard InChI is InChI=1S/C25H21N5O2S/c1-16-21(23(31)28-19-11-7-4-8-12-19)22(18-9-5-3-6-10-18)30-24(32)20(33-25(30)27-16)13-17-14-26-29(2)15-17/h3-15,22H,1-2H3,(H,28,31)/b20-13-/t22-/m1/s1. The molecule has 3 heterocycles. The number of hydrogen-bond acceptors (Lipinski definition) is 5. The maximum Gasteiger partial charge on any atom is 0.271 e. The highest BCUT2D eigenvalue weighted by atomic mass is 32.1. The van der Waals surface area contributed by atoms with E-state index >= 15 is 0 Å². The third-order valence-electron chi connectivity index (χ3n) is 5.44. The first kappa shape index (κ1) is 20.8. The lowest BCUT2D eigenvalue weighted by Gasteiger charge is -2.25. The summed E-state index contributed by atoms with van der Waals surface area (Å²) in [6, 6.07) is 18.3. The van der Waals surface area contributed by atoms with Crippen LogP contribution in [0.4, 0.5) is 5.69 Å². The van der Waals surface area contributed by atoms with Crippen LogP contribution in [0.2, 0.25) is 0 Å². The molecule has 0 spiro atoms. The van der Waals surface area contributed by atoms with Crippen molar-refractivity contribution in [3.05, 3.63) is 115 Å². The highest BCUT2D eigenvalue weighted by Crippen LogP contribution is 2.30. The van der Waals surface area contributed by atoms with E-state index in [-0.39, 0.29) is 11.5 Å². The van der Waals surface area contributed by atoms with Gasteiger partial charge in [0.25, 0.3) is 11.5 Å². The first-order chi connectivity index (χ1) is 16.0. The van der Waals surface area contributed by atoms with Crippen molar-refractivity contribution in [3.8, 4) is 0 Å². The molecule has 1 aliphatic rings. The van der Waals surface area contributed by atoms with Gasteiger partial charge in [-0.05, 0) is 30.7 Å². The number of aromatic nitrogens is 3. The topological polar surface area (TPSA) is 81.3 Å². The van der Waals surface area contributed by atoms with Crippen LogP contribution >= 0.6 is 11.3 Å². The number of carbonyl (C=O) groups is 1. The summed E-state index contributed by atoms with van der Waals surface area (Å²) >= 11 is 1.31. The number of para-hydroxylation sites is 1. The lowest BCUT2D eigenvalue weighted by molar-refractivity contribution is -0.113. The highest BCUT2D eigenvalue weighted by Gasteiger charge is 2.32. The molecule has 1 aliphatic heterocycles. The Morgan fingerprint density at radius 3 is 2.45 bits per heavy atom.